The van der Waals surface area contributed by atoms with E-state index in [1.807, 2.05) is 39.8 Å². The van der Waals surface area contributed by atoms with Crippen molar-refractivity contribution in [2.24, 2.45) is 0 Å². The van der Waals surface area contributed by atoms with Crippen molar-refractivity contribution >= 4 is 39.7 Å². The van der Waals surface area contributed by atoms with Crippen LogP contribution in [0.2, 0.25) is 0 Å². The molecule has 0 saturated carbocycles. The minimum absolute atomic E-state index is 0.181. The van der Waals surface area contributed by atoms with Crippen molar-refractivity contribution in [2.45, 2.75) is 33.8 Å². The smallest absolute Gasteiger partial charge is 0.188 e. The highest BCUT2D eigenvalue weighted by Gasteiger charge is 2.19. The number of aliphatic hydroxyl groups excluding tert-OH is 2. The highest BCUT2D eigenvalue weighted by molar-refractivity contribution is 7.15. The van der Waals surface area contributed by atoms with Crippen molar-refractivity contribution in [2.75, 3.05) is 56.1 Å². The second-order valence-electron chi connectivity index (χ2n) is 8.18. The molecular weight excluding hydrogens is 474 g/mol. The number of anilines is 3. The predicted molar refractivity (Wildman–Crippen MR) is 139 cm³/mol. The molecule has 11 heteroatoms. The molecule has 34 heavy (non-hydrogen) atoms. The largest absolute Gasteiger partial charge is 0.395 e. The fraction of sp³-hybridized carbons (Fsp3) is 0.522. The van der Waals surface area contributed by atoms with Crippen LogP contribution < -0.4 is 15.5 Å². The van der Waals surface area contributed by atoms with Gasteiger partial charge in [0, 0.05) is 56.6 Å². The molecule has 1 unspecified atom stereocenters. The summed E-state index contributed by atoms with van der Waals surface area (Å²) in [5, 5.41) is 27.6. The molecular formula is C23H34ClN7O2S. The summed E-state index contributed by atoms with van der Waals surface area (Å²) in [5.74, 6) is 2.21. The van der Waals surface area contributed by atoms with Crippen LogP contribution in [0.4, 0.5) is 16.8 Å². The fourth-order valence-corrected chi connectivity index (χ4v) is 4.73. The predicted octanol–water partition coefficient (Wildman–Crippen LogP) is 3.16. The normalized spacial score (nSPS) is 16.9. The number of hydrogen-bond donors (Lipinski definition) is 4. The minimum Gasteiger partial charge on any atom is -0.395 e. The number of piperazine rings is 1. The van der Waals surface area contributed by atoms with Crippen LogP contribution in [0, 0.1) is 6.92 Å². The molecule has 1 aliphatic rings. The van der Waals surface area contributed by atoms with Gasteiger partial charge in [0.2, 0.25) is 0 Å². The lowest BCUT2D eigenvalue weighted by molar-refractivity contribution is 0.182. The average molecular weight is 508 g/mol. The number of hydrogen-bond acceptors (Lipinski definition) is 10. The van der Waals surface area contributed by atoms with Crippen LogP contribution in [0.3, 0.4) is 0 Å². The number of nitrogens with one attached hydrogen (secondary N) is 2. The van der Waals surface area contributed by atoms with Gasteiger partial charge in [0.15, 0.2) is 5.13 Å². The number of aliphatic hydroxyl groups is 2. The van der Waals surface area contributed by atoms with E-state index >= 15 is 0 Å². The number of aryl methyl sites for hydroxylation is 1. The van der Waals surface area contributed by atoms with Crippen LogP contribution in [0.1, 0.15) is 37.6 Å². The molecule has 4 N–H and O–H groups in total. The molecule has 2 aromatic heterocycles. The Kier molecular flexibility index (Phi) is 9.66. The lowest BCUT2D eigenvalue weighted by atomic mass is 10.2. The van der Waals surface area contributed by atoms with E-state index in [-0.39, 0.29) is 6.61 Å². The van der Waals surface area contributed by atoms with Gasteiger partial charge in [0.1, 0.15) is 23.6 Å². The lowest BCUT2D eigenvalue weighted by Gasteiger charge is -2.35. The molecule has 0 aromatic carbocycles. The molecule has 1 atom stereocenters. The molecule has 1 fully saturated rings. The highest BCUT2D eigenvalue weighted by atomic mass is 35.5. The molecule has 9 nitrogen and oxygen atoms in total. The molecule has 3 heterocycles. The van der Waals surface area contributed by atoms with E-state index in [2.05, 4.69) is 35.4 Å². The maximum Gasteiger partial charge on any atom is 0.188 e. The topological polar surface area (TPSA) is 110 Å². The van der Waals surface area contributed by atoms with E-state index in [0.717, 1.165) is 48.1 Å². The van der Waals surface area contributed by atoms with Crippen molar-refractivity contribution in [3.05, 3.63) is 45.3 Å². The summed E-state index contributed by atoms with van der Waals surface area (Å²) < 4.78 is 0. The van der Waals surface area contributed by atoms with E-state index in [0.29, 0.717) is 34.9 Å². The van der Waals surface area contributed by atoms with Gasteiger partial charge < -0.3 is 25.7 Å². The Labute approximate surface area is 210 Å². The van der Waals surface area contributed by atoms with Crippen molar-refractivity contribution in [3.63, 3.8) is 0 Å². The Balaban J connectivity index is 1.63. The van der Waals surface area contributed by atoms with Crippen LogP contribution in [0.25, 0.3) is 0 Å². The van der Waals surface area contributed by atoms with Gasteiger partial charge in [-0.3, -0.25) is 4.90 Å². The van der Waals surface area contributed by atoms with Gasteiger partial charge in [-0.2, -0.15) is 0 Å². The van der Waals surface area contributed by atoms with Crippen LogP contribution in [0.5, 0.6) is 0 Å². The molecule has 3 rings (SSSR count). The van der Waals surface area contributed by atoms with Gasteiger partial charge in [-0.05, 0) is 33.3 Å². The minimum atomic E-state index is -0.721. The highest BCUT2D eigenvalue weighted by Crippen LogP contribution is 2.28. The quantitative estimate of drug-likeness (QED) is 0.360. The van der Waals surface area contributed by atoms with Crippen LogP contribution in [-0.4, -0.2) is 75.9 Å². The summed E-state index contributed by atoms with van der Waals surface area (Å²) >= 11 is 7.57. The van der Waals surface area contributed by atoms with Gasteiger partial charge in [-0.1, -0.05) is 29.0 Å². The number of halogens is 1. The summed E-state index contributed by atoms with van der Waals surface area (Å²) in [6, 6.07) is 1.92. The van der Waals surface area contributed by atoms with Crippen LogP contribution >= 0.6 is 22.9 Å². The van der Waals surface area contributed by atoms with Gasteiger partial charge in [-0.25, -0.2) is 15.0 Å². The first kappa shape index (κ1) is 26.4. The molecule has 0 bridgehead atoms. The standard InChI is InChI=1S/C23H34ClN7O2S/c1-5-15(2)22(16(3)24)25-13-18(33)19-14-26-23(34-19)29-20-12-21(28-17(4)27-20)31-8-6-30(7-9-31)10-11-32/h5,12,14,18,25,32-33H,6-11,13H2,1-4H3,(H,26,27,28,29)/b15-5-,22-16-. The molecule has 0 amide bonds. The number of rotatable bonds is 10. The maximum absolute atomic E-state index is 10.6. The third kappa shape index (κ3) is 7.13. The van der Waals surface area contributed by atoms with Crippen LogP contribution in [-0.2, 0) is 0 Å². The lowest BCUT2D eigenvalue weighted by Crippen LogP contribution is -2.47. The number of nitrogens with zero attached hydrogens (tertiary/aromatic N) is 5. The zero-order valence-electron chi connectivity index (χ0n) is 20.2. The third-order valence-corrected chi connectivity index (χ3v) is 6.87. The Morgan fingerprint density at radius 3 is 2.65 bits per heavy atom. The monoisotopic (exact) mass is 507 g/mol. The molecule has 0 aliphatic carbocycles. The van der Waals surface area contributed by atoms with Crippen molar-refractivity contribution in [1.82, 2.24) is 25.2 Å². The zero-order valence-corrected chi connectivity index (χ0v) is 21.7. The first-order valence-electron chi connectivity index (χ1n) is 11.4. The van der Waals surface area contributed by atoms with Crippen LogP contribution in [0.15, 0.2) is 34.6 Å². The number of aromatic nitrogens is 3. The molecule has 1 saturated heterocycles. The SMILES string of the molecule is C/C=C(C)\C(NCC(O)c1cnc(Nc2cc(N3CCN(CCO)CC3)nc(C)n2)s1)=C(/C)Cl. The summed E-state index contributed by atoms with van der Waals surface area (Å²) in [4.78, 5) is 18.7. The molecule has 0 radical (unpaired) electrons. The summed E-state index contributed by atoms with van der Waals surface area (Å²) in [6.07, 6.45) is 2.93. The molecule has 2 aromatic rings. The van der Waals surface area contributed by atoms with Crippen molar-refractivity contribution in [3.8, 4) is 0 Å². The zero-order chi connectivity index (χ0) is 24.7. The maximum atomic E-state index is 10.6. The van der Waals surface area contributed by atoms with Gasteiger partial charge in [0.05, 0.1) is 17.2 Å². The molecule has 1 aliphatic heterocycles. The summed E-state index contributed by atoms with van der Waals surface area (Å²) in [7, 11) is 0. The van der Waals surface area contributed by atoms with Crippen molar-refractivity contribution < 1.29 is 10.2 Å². The Bertz CT molecular complexity index is 1010. The first-order valence-corrected chi connectivity index (χ1v) is 12.6. The molecule has 186 valence electrons. The van der Waals surface area contributed by atoms with Crippen molar-refractivity contribution in [1.29, 1.82) is 0 Å². The van der Waals surface area contributed by atoms with E-state index < -0.39 is 6.10 Å². The number of β-amino-alcohol motifs (C(OH)–C–C–N with tert-alkyl or cyclic N) is 1. The summed E-state index contributed by atoms with van der Waals surface area (Å²) in [6.45, 7) is 12.3. The Hall–Kier alpha value is -2.24. The van der Waals surface area contributed by atoms with Gasteiger partial charge in [-0.15, -0.1) is 0 Å². The first-order chi connectivity index (χ1) is 16.3. The van der Waals surface area contributed by atoms with E-state index in [1.54, 1.807) is 6.20 Å². The Morgan fingerprint density at radius 1 is 1.26 bits per heavy atom. The third-order valence-electron chi connectivity index (χ3n) is 5.67. The fourth-order valence-electron chi connectivity index (χ4n) is 3.70. The van der Waals surface area contributed by atoms with E-state index in [4.69, 9.17) is 16.7 Å². The number of thiazole rings is 1. The van der Waals surface area contributed by atoms with Gasteiger partial charge in [0.25, 0.3) is 0 Å². The van der Waals surface area contributed by atoms with Gasteiger partial charge >= 0.3 is 0 Å². The average Bonchev–Trinajstić information content (AvgIpc) is 3.27. The summed E-state index contributed by atoms with van der Waals surface area (Å²) in [5.41, 5.74) is 1.85. The second-order valence-corrected chi connectivity index (χ2v) is 9.81. The number of allylic oxidation sites excluding steroid dienone is 3. The van der Waals surface area contributed by atoms with E-state index in [1.165, 1.54) is 11.3 Å². The second kappa shape index (κ2) is 12.5. The molecule has 0 spiro atoms. The Morgan fingerprint density at radius 2 is 2.00 bits per heavy atom. The van der Waals surface area contributed by atoms with E-state index in [9.17, 15) is 5.11 Å².